The second-order valence-corrected chi connectivity index (χ2v) is 2.95. The summed E-state index contributed by atoms with van der Waals surface area (Å²) in [6.45, 7) is 4.69. The van der Waals surface area contributed by atoms with Crippen LogP contribution >= 0.6 is 0 Å². The first-order chi connectivity index (χ1) is 5.17. The Labute approximate surface area is 68.9 Å². The molecule has 0 aromatic carbocycles. The lowest BCUT2D eigenvalue weighted by Crippen LogP contribution is -2.39. The van der Waals surface area contributed by atoms with E-state index in [2.05, 4.69) is 13.8 Å². The van der Waals surface area contributed by atoms with Crippen molar-refractivity contribution in [3.05, 3.63) is 0 Å². The standard InChI is InChI=1S/C8H19NO2/c1-6(2)8(11-4)7(5-9)10-3/h6-8H,5,9H2,1-4H3. The Kier molecular flexibility index (Phi) is 5.46. The molecule has 3 nitrogen and oxygen atoms in total. The Bertz CT molecular complexity index is 92.1. The minimum absolute atomic E-state index is 0.0139. The molecule has 11 heavy (non-hydrogen) atoms. The van der Waals surface area contributed by atoms with Gasteiger partial charge in [0.1, 0.15) is 0 Å². The van der Waals surface area contributed by atoms with Crippen molar-refractivity contribution in [1.82, 2.24) is 0 Å². The van der Waals surface area contributed by atoms with Gasteiger partial charge in [-0.25, -0.2) is 0 Å². The number of hydrogen-bond donors (Lipinski definition) is 1. The molecule has 0 aliphatic heterocycles. The van der Waals surface area contributed by atoms with Gasteiger partial charge in [-0.3, -0.25) is 0 Å². The van der Waals surface area contributed by atoms with Crippen molar-refractivity contribution >= 4 is 0 Å². The SMILES string of the molecule is COC(CN)C(OC)C(C)C. The average molecular weight is 161 g/mol. The van der Waals surface area contributed by atoms with Crippen LogP contribution in [0.5, 0.6) is 0 Å². The van der Waals surface area contributed by atoms with Crippen molar-refractivity contribution < 1.29 is 9.47 Å². The summed E-state index contributed by atoms with van der Waals surface area (Å²) in [5.74, 6) is 0.438. The number of hydrogen-bond acceptors (Lipinski definition) is 3. The highest BCUT2D eigenvalue weighted by molar-refractivity contribution is 4.73. The van der Waals surface area contributed by atoms with Crippen molar-refractivity contribution in [3.63, 3.8) is 0 Å². The average Bonchev–Trinajstić information content (AvgIpc) is 1.99. The maximum absolute atomic E-state index is 5.49. The van der Waals surface area contributed by atoms with Crippen LogP contribution < -0.4 is 5.73 Å². The molecule has 2 N–H and O–H groups in total. The second-order valence-electron chi connectivity index (χ2n) is 2.95. The van der Waals surface area contributed by atoms with E-state index in [1.165, 1.54) is 0 Å². The maximum atomic E-state index is 5.49. The van der Waals surface area contributed by atoms with E-state index in [1.54, 1.807) is 14.2 Å². The molecule has 3 heteroatoms. The molecule has 0 aliphatic rings. The highest BCUT2D eigenvalue weighted by Crippen LogP contribution is 2.11. The zero-order chi connectivity index (χ0) is 8.85. The van der Waals surface area contributed by atoms with Crippen LogP contribution in [-0.4, -0.2) is 33.0 Å². The summed E-state index contributed by atoms with van der Waals surface area (Å²) < 4.78 is 10.4. The molecule has 0 fully saturated rings. The van der Waals surface area contributed by atoms with Crippen LogP contribution in [-0.2, 0) is 9.47 Å². The van der Waals surface area contributed by atoms with Crippen LogP contribution in [0.25, 0.3) is 0 Å². The van der Waals surface area contributed by atoms with Gasteiger partial charge in [-0.2, -0.15) is 0 Å². The third kappa shape index (κ3) is 3.18. The molecule has 2 unspecified atom stereocenters. The van der Waals surface area contributed by atoms with Gasteiger partial charge in [-0.05, 0) is 5.92 Å². The van der Waals surface area contributed by atoms with Crippen LogP contribution in [0.4, 0.5) is 0 Å². The Morgan fingerprint density at radius 3 is 1.82 bits per heavy atom. The third-order valence-electron chi connectivity index (χ3n) is 1.83. The zero-order valence-corrected chi connectivity index (χ0v) is 7.83. The second kappa shape index (κ2) is 5.52. The van der Waals surface area contributed by atoms with E-state index in [-0.39, 0.29) is 12.2 Å². The Morgan fingerprint density at radius 1 is 1.18 bits per heavy atom. The molecule has 0 bridgehead atoms. The number of methoxy groups -OCH3 is 2. The van der Waals surface area contributed by atoms with Crippen molar-refractivity contribution in [2.24, 2.45) is 11.7 Å². The monoisotopic (exact) mass is 161 g/mol. The van der Waals surface area contributed by atoms with Crippen LogP contribution in [0.2, 0.25) is 0 Å². The van der Waals surface area contributed by atoms with Gasteiger partial charge in [0.25, 0.3) is 0 Å². The van der Waals surface area contributed by atoms with E-state index in [0.717, 1.165) is 0 Å². The molecule has 0 heterocycles. The largest absolute Gasteiger partial charge is 0.378 e. The normalized spacial score (nSPS) is 16.9. The number of rotatable bonds is 5. The fraction of sp³-hybridized carbons (Fsp3) is 1.00. The minimum atomic E-state index is 0.0139. The highest BCUT2D eigenvalue weighted by Gasteiger charge is 2.22. The van der Waals surface area contributed by atoms with Crippen LogP contribution in [0, 0.1) is 5.92 Å². The molecule has 68 valence electrons. The van der Waals surface area contributed by atoms with E-state index in [9.17, 15) is 0 Å². The van der Waals surface area contributed by atoms with E-state index >= 15 is 0 Å². The van der Waals surface area contributed by atoms with Gasteiger partial charge in [-0.15, -0.1) is 0 Å². The molecule has 0 amide bonds. The van der Waals surface area contributed by atoms with Crippen LogP contribution in [0.3, 0.4) is 0 Å². The van der Waals surface area contributed by atoms with Crippen molar-refractivity contribution in [2.45, 2.75) is 26.1 Å². The summed E-state index contributed by atoms with van der Waals surface area (Å²) in [4.78, 5) is 0. The molecule has 0 saturated heterocycles. The Morgan fingerprint density at radius 2 is 1.73 bits per heavy atom. The van der Waals surface area contributed by atoms with Crippen molar-refractivity contribution in [3.8, 4) is 0 Å². The van der Waals surface area contributed by atoms with Crippen molar-refractivity contribution in [1.29, 1.82) is 0 Å². The first-order valence-electron chi connectivity index (χ1n) is 3.93. The molecule has 0 rings (SSSR count). The van der Waals surface area contributed by atoms with Gasteiger partial charge in [0, 0.05) is 20.8 Å². The van der Waals surface area contributed by atoms with Gasteiger partial charge in [0.05, 0.1) is 12.2 Å². The summed E-state index contributed by atoms with van der Waals surface area (Å²) in [6, 6.07) is 0. The van der Waals surface area contributed by atoms with Gasteiger partial charge < -0.3 is 15.2 Å². The lowest BCUT2D eigenvalue weighted by atomic mass is 10.0. The van der Waals surface area contributed by atoms with Gasteiger partial charge in [0.15, 0.2) is 0 Å². The highest BCUT2D eigenvalue weighted by atomic mass is 16.5. The zero-order valence-electron chi connectivity index (χ0n) is 7.83. The van der Waals surface area contributed by atoms with Crippen LogP contribution in [0.1, 0.15) is 13.8 Å². The smallest absolute Gasteiger partial charge is 0.0956 e. The molecule has 0 aliphatic carbocycles. The quantitative estimate of drug-likeness (QED) is 0.643. The summed E-state index contributed by atoms with van der Waals surface area (Å²) in [7, 11) is 3.35. The fourth-order valence-corrected chi connectivity index (χ4v) is 1.22. The van der Waals surface area contributed by atoms with Gasteiger partial charge in [-0.1, -0.05) is 13.8 Å². The third-order valence-corrected chi connectivity index (χ3v) is 1.83. The van der Waals surface area contributed by atoms with E-state index in [0.29, 0.717) is 12.5 Å². The molecule has 0 aromatic rings. The minimum Gasteiger partial charge on any atom is -0.378 e. The molecule has 0 saturated carbocycles. The number of nitrogens with two attached hydrogens (primary N) is 1. The topological polar surface area (TPSA) is 44.5 Å². The van der Waals surface area contributed by atoms with Gasteiger partial charge in [0.2, 0.25) is 0 Å². The Balaban J connectivity index is 3.98. The van der Waals surface area contributed by atoms with Crippen LogP contribution in [0.15, 0.2) is 0 Å². The molecule has 0 radical (unpaired) electrons. The summed E-state index contributed by atoms with van der Waals surface area (Å²) in [6.07, 6.45) is 0.116. The predicted molar refractivity (Wildman–Crippen MR) is 45.5 cm³/mol. The first-order valence-corrected chi connectivity index (χ1v) is 3.93. The lowest BCUT2D eigenvalue weighted by Gasteiger charge is -2.26. The number of ether oxygens (including phenoxy) is 2. The Hall–Kier alpha value is -0.120. The predicted octanol–water partition coefficient (Wildman–Crippen LogP) is 0.631. The first kappa shape index (κ1) is 10.9. The molecule has 2 atom stereocenters. The lowest BCUT2D eigenvalue weighted by molar-refractivity contribution is -0.0530. The van der Waals surface area contributed by atoms with Crippen molar-refractivity contribution in [2.75, 3.05) is 20.8 Å². The van der Waals surface area contributed by atoms with Gasteiger partial charge >= 0.3 is 0 Å². The summed E-state index contributed by atoms with van der Waals surface area (Å²) in [5, 5.41) is 0. The van der Waals surface area contributed by atoms with E-state index < -0.39 is 0 Å². The fourth-order valence-electron chi connectivity index (χ4n) is 1.22. The molecule has 0 aromatic heterocycles. The van der Waals surface area contributed by atoms with E-state index in [1.807, 2.05) is 0 Å². The maximum Gasteiger partial charge on any atom is 0.0956 e. The molecule has 0 spiro atoms. The summed E-state index contributed by atoms with van der Waals surface area (Å²) in [5.41, 5.74) is 5.49. The summed E-state index contributed by atoms with van der Waals surface area (Å²) >= 11 is 0. The molecular weight excluding hydrogens is 142 g/mol. The van der Waals surface area contributed by atoms with E-state index in [4.69, 9.17) is 15.2 Å². The molecular formula is C8H19NO2.